The molecule has 1 fully saturated rings. The molecule has 1 saturated carbocycles. The van der Waals surface area contributed by atoms with E-state index in [9.17, 15) is 4.79 Å². The van der Waals surface area contributed by atoms with Gasteiger partial charge in [-0.2, -0.15) is 0 Å². The van der Waals surface area contributed by atoms with E-state index in [0.29, 0.717) is 6.61 Å². The zero-order valence-corrected chi connectivity index (χ0v) is 10.6. The second-order valence-electron chi connectivity index (χ2n) is 4.60. The van der Waals surface area contributed by atoms with Gasteiger partial charge in [0.1, 0.15) is 0 Å². The standard InChI is InChI=1S/C14H24O2/c1-3-12-8-5-6-9-13(12)10-7-11-14(15)16-4-2/h7,11-13H,3-6,8-10H2,1-2H3/b11-7+. The lowest BCUT2D eigenvalue weighted by molar-refractivity contribution is -0.137. The third-order valence-corrected chi connectivity index (χ3v) is 3.57. The first-order valence-electron chi connectivity index (χ1n) is 6.61. The van der Waals surface area contributed by atoms with Crippen molar-refractivity contribution in [3.8, 4) is 0 Å². The molecule has 0 heterocycles. The molecule has 0 radical (unpaired) electrons. The third kappa shape index (κ3) is 4.38. The van der Waals surface area contributed by atoms with Crippen LogP contribution in [0.4, 0.5) is 0 Å². The number of carbonyl (C=O) groups excluding carboxylic acids is 1. The van der Waals surface area contributed by atoms with E-state index in [4.69, 9.17) is 4.74 Å². The van der Waals surface area contributed by atoms with Gasteiger partial charge in [0.05, 0.1) is 6.61 Å². The minimum atomic E-state index is -0.202. The van der Waals surface area contributed by atoms with Gasteiger partial charge in [0, 0.05) is 6.08 Å². The summed E-state index contributed by atoms with van der Waals surface area (Å²) in [7, 11) is 0. The first-order chi connectivity index (χ1) is 7.77. The van der Waals surface area contributed by atoms with Crippen LogP contribution in [0.3, 0.4) is 0 Å². The van der Waals surface area contributed by atoms with Crippen molar-refractivity contribution in [1.82, 2.24) is 0 Å². The zero-order chi connectivity index (χ0) is 11.8. The topological polar surface area (TPSA) is 26.3 Å². The van der Waals surface area contributed by atoms with Gasteiger partial charge < -0.3 is 4.74 Å². The number of hydrogen-bond donors (Lipinski definition) is 0. The normalized spacial score (nSPS) is 25.9. The van der Waals surface area contributed by atoms with E-state index in [2.05, 4.69) is 6.92 Å². The second kappa shape index (κ2) is 7.48. The maximum absolute atomic E-state index is 11.1. The van der Waals surface area contributed by atoms with Crippen molar-refractivity contribution < 1.29 is 9.53 Å². The Hall–Kier alpha value is -0.790. The Balaban J connectivity index is 2.32. The minimum absolute atomic E-state index is 0.202. The number of ether oxygens (including phenoxy) is 1. The van der Waals surface area contributed by atoms with Gasteiger partial charge in [-0.3, -0.25) is 0 Å². The summed E-state index contributed by atoms with van der Waals surface area (Å²) in [5.74, 6) is 1.44. The van der Waals surface area contributed by atoms with Crippen LogP contribution in [-0.2, 0) is 9.53 Å². The van der Waals surface area contributed by atoms with Gasteiger partial charge in [-0.1, -0.05) is 38.7 Å². The molecule has 0 aromatic heterocycles. The van der Waals surface area contributed by atoms with Crippen molar-refractivity contribution in [2.45, 2.75) is 52.4 Å². The van der Waals surface area contributed by atoms with Crippen molar-refractivity contribution >= 4 is 5.97 Å². The average molecular weight is 224 g/mol. The van der Waals surface area contributed by atoms with E-state index in [1.807, 2.05) is 13.0 Å². The van der Waals surface area contributed by atoms with E-state index >= 15 is 0 Å². The Bertz CT molecular complexity index is 233. The van der Waals surface area contributed by atoms with Crippen molar-refractivity contribution in [3.05, 3.63) is 12.2 Å². The molecular weight excluding hydrogens is 200 g/mol. The molecule has 1 aliphatic rings. The maximum atomic E-state index is 11.1. The molecule has 92 valence electrons. The van der Waals surface area contributed by atoms with E-state index < -0.39 is 0 Å². The van der Waals surface area contributed by atoms with Gasteiger partial charge in [0.25, 0.3) is 0 Å². The van der Waals surface area contributed by atoms with Gasteiger partial charge in [0.15, 0.2) is 0 Å². The van der Waals surface area contributed by atoms with Gasteiger partial charge in [-0.05, 0) is 31.6 Å². The maximum Gasteiger partial charge on any atom is 0.330 e. The molecule has 2 heteroatoms. The largest absolute Gasteiger partial charge is 0.463 e. The summed E-state index contributed by atoms with van der Waals surface area (Å²) in [4.78, 5) is 11.1. The molecule has 2 unspecified atom stereocenters. The molecule has 0 aliphatic heterocycles. The highest BCUT2D eigenvalue weighted by Gasteiger charge is 2.22. The number of hydrogen-bond acceptors (Lipinski definition) is 2. The van der Waals surface area contributed by atoms with Gasteiger partial charge in [-0.15, -0.1) is 0 Å². The summed E-state index contributed by atoms with van der Waals surface area (Å²) < 4.78 is 4.86. The monoisotopic (exact) mass is 224 g/mol. The fourth-order valence-corrected chi connectivity index (χ4v) is 2.66. The van der Waals surface area contributed by atoms with Crippen LogP contribution in [0.15, 0.2) is 12.2 Å². The molecule has 0 N–H and O–H groups in total. The second-order valence-corrected chi connectivity index (χ2v) is 4.60. The number of rotatable bonds is 5. The van der Waals surface area contributed by atoms with Crippen LogP contribution in [0.2, 0.25) is 0 Å². The van der Waals surface area contributed by atoms with Crippen molar-refractivity contribution in [3.63, 3.8) is 0 Å². The molecule has 1 aliphatic carbocycles. The van der Waals surface area contributed by atoms with Crippen LogP contribution in [-0.4, -0.2) is 12.6 Å². The van der Waals surface area contributed by atoms with Gasteiger partial charge in [-0.25, -0.2) is 4.79 Å². The van der Waals surface area contributed by atoms with Crippen LogP contribution < -0.4 is 0 Å². The van der Waals surface area contributed by atoms with Crippen molar-refractivity contribution in [2.75, 3.05) is 6.61 Å². The van der Waals surface area contributed by atoms with Crippen LogP contribution in [0.25, 0.3) is 0 Å². The number of carbonyl (C=O) groups is 1. The molecule has 0 spiro atoms. The molecule has 0 saturated heterocycles. The van der Waals surface area contributed by atoms with Crippen LogP contribution in [0.5, 0.6) is 0 Å². The lowest BCUT2D eigenvalue weighted by Crippen LogP contribution is -2.18. The highest BCUT2D eigenvalue weighted by atomic mass is 16.5. The predicted molar refractivity (Wildman–Crippen MR) is 66.1 cm³/mol. The average Bonchev–Trinajstić information content (AvgIpc) is 2.30. The third-order valence-electron chi connectivity index (χ3n) is 3.57. The predicted octanol–water partition coefficient (Wildman–Crippen LogP) is 3.71. The molecule has 2 nitrogen and oxygen atoms in total. The molecular formula is C14H24O2. The first kappa shape index (κ1) is 13.3. The molecule has 0 aromatic carbocycles. The van der Waals surface area contributed by atoms with Crippen LogP contribution >= 0.6 is 0 Å². The molecule has 0 bridgehead atoms. The fourth-order valence-electron chi connectivity index (χ4n) is 2.66. The van der Waals surface area contributed by atoms with E-state index in [-0.39, 0.29) is 5.97 Å². The van der Waals surface area contributed by atoms with Crippen LogP contribution in [0, 0.1) is 11.8 Å². The molecule has 0 aromatic rings. The summed E-state index contributed by atoms with van der Waals surface area (Å²) >= 11 is 0. The highest BCUT2D eigenvalue weighted by molar-refractivity contribution is 5.81. The lowest BCUT2D eigenvalue weighted by Gasteiger charge is -2.29. The summed E-state index contributed by atoms with van der Waals surface area (Å²) in [5, 5.41) is 0. The SMILES string of the molecule is CCOC(=O)/C=C/CC1CCCCC1CC. The van der Waals surface area contributed by atoms with Crippen molar-refractivity contribution in [1.29, 1.82) is 0 Å². The minimum Gasteiger partial charge on any atom is -0.463 e. The molecule has 16 heavy (non-hydrogen) atoms. The Morgan fingerprint density at radius 3 is 2.56 bits per heavy atom. The fraction of sp³-hybridized carbons (Fsp3) is 0.786. The molecule has 2 atom stereocenters. The Labute approximate surface area is 99.1 Å². The zero-order valence-electron chi connectivity index (χ0n) is 10.6. The summed E-state index contributed by atoms with van der Waals surface area (Å²) in [6.45, 7) is 4.57. The summed E-state index contributed by atoms with van der Waals surface area (Å²) in [6, 6.07) is 0. The quantitative estimate of drug-likeness (QED) is 0.525. The van der Waals surface area contributed by atoms with Gasteiger partial charge >= 0.3 is 5.97 Å². The number of esters is 1. The van der Waals surface area contributed by atoms with Gasteiger partial charge in [0.2, 0.25) is 0 Å². The van der Waals surface area contributed by atoms with E-state index in [1.165, 1.54) is 32.1 Å². The van der Waals surface area contributed by atoms with Crippen LogP contribution in [0.1, 0.15) is 52.4 Å². The van der Waals surface area contributed by atoms with E-state index in [1.54, 1.807) is 6.08 Å². The molecule has 0 amide bonds. The Morgan fingerprint density at radius 2 is 1.94 bits per heavy atom. The van der Waals surface area contributed by atoms with Crippen molar-refractivity contribution in [2.24, 2.45) is 11.8 Å². The summed E-state index contributed by atoms with van der Waals surface area (Å²) in [5.41, 5.74) is 0. The first-order valence-corrected chi connectivity index (χ1v) is 6.61. The van der Waals surface area contributed by atoms with E-state index in [0.717, 1.165) is 18.3 Å². The Kier molecular flexibility index (Phi) is 6.20. The highest BCUT2D eigenvalue weighted by Crippen LogP contribution is 2.34. The molecule has 1 rings (SSSR count). The lowest BCUT2D eigenvalue weighted by atomic mass is 9.76. The number of allylic oxidation sites excluding steroid dienone is 1. The smallest absolute Gasteiger partial charge is 0.330 e. The summed E-state index contributed by atoms with van der Waals surface area (Å²) in [6.07, 6.45) is 11.3. The Morgan fingerprint density at radius 1 is 1.25 bits per heavy atom.